The highest BCUT2D eigenvalue weighted by molar-refractivity contribution is 6.41. The largest absolute Gasteiger partial charge is 0.277 e. The van der Waals surface area contributed by atoms with Gasteiger partial charge in [0.15, 0.2) is 0 Å². The molecule has 0 saturated carbocycles. The molecule has 0 N–H and O–H groups in total. The van der Waals surface area contributed by atoms with Gasteiger partial charge in [0, 0.05) is 39.7 Å². The van der Waals surface area contributed by atoms with Gasteiger partial charge in [-0.1, -0.05) is 48.5 Å². The first-order valence-electron chi connectivity index (χ1n) is 13.5. The van der Waals surface area contributed by atoms with Gasteiger partial charge < -0.3 is 0 Å². The van der Waals surface area contributed by atoms with Crippen molar-refractivity contribution in [2.75, 3.05) is 7.05 Å². The summed E-state index contributed by atoms with van der Waals surface area (Å²) in [6, 6.07) is 27.9. The summed E-state index contributed by atoms with van der Waals surface area (Å²) in [7, 11) is 1.53. The molecule has 0 fully saturated rings. The Balaban J connectivity index is 1.44. The Hall–Kier alpha value is -5.62. The highest BCUT2D eigenvalue weighted by atomic mass is 16.2. The van der Waals surface area contributed by atoms with Crippen LogP contribution in [0, 0.1) is 0 Å². The molecular formula is C35H17N3O3. The second kappa shape index (κ2) is 6.74. The Morgan fingerprint density at radius 1 is 0.561 bits per heavy atom. The van der Waals surface area contributed by atoms with E-state index >= 15 is 0 Å². The average molecular weight is 528 g/mol. The zero-order chi connectivity index (χ0) is 27.3. The van der Waals surface area contributed by atoms with Crippen LogP contribution in [0.5, 0.6) is 0 Å². The van der Waals surface area contributed by atoms with Crippen LogP contribution < -0.4 is 5.56 Å². The number of rotatable bonds is 0. The molecule has 190 valence electrons. The standard InChI is InChI=1S/C35H17N3O3/c1-37-33(39)23-11-7-20-18-6-10-22-30-25(13-9-19(28(18)30)21-8-12-24(34(37)40)31(23)29(20)21)35(41)38-27-15-17-5-3-2-4-16(17)14-26(27)36-32(22)38/h2-15H,1H3. The molecule has 0 bridgehead atoms. The number of hydrogen-bond donors (Lipinski definition) is 0. The highest BCUT2D eigenvalue weighted by Crippen LogP contribution is 2.45. The first-order valence-corrected chi connectivity index (χ1v) is 13.5. The van der Waals surface area contributed by atoms with E-state index in [0.29, 0.717) is 27.5 Å². The Labute approximate surface area is 230 Å². The SMILES string of the molecule is CN1C(=O)c2ccc3c4ccc5c(=O)n6c7cc8ccccc8cc7nc6c6ccc(c7ccc(c2c37)C1=O)c4c56. The van der Waals surface area contributed by atoms with E-state index in [4.69, 9.17) is 4.98 Å². The quantitative estimate of drug-likeness (QED) is 0.123. The fourth-order valence-electron chi connectivity index (χ4n) is 7.33. The van der Waals surface area contributed by atoms with E-state index in [1.165, 1.54) is 11.9 Å². The summed E-state index contributed by atoms with van der Waals surface area (Å²) < 4.78 is 1.75. The smallest absolute Gasteiger partial charge is 0.264 e. The molecule has 7 aromatic carbocycles. The number of benzene rings is 7. The third-order valence-electron chi connectivity index (χ3n) is 9.17. The number of nitrogens with zero attached hydrogens (tertiary/aromatic N) is 3. The predicted octanol–water partition coefficient (Wildman–Crippen LogP) is 6.87. The molecule has 1 aliphatic heterocycles. The number of aromatic nitrogens is 2. The number of hydrogen-bond acceptors (Lipinski definition) is 4. The Bertz CT molecular complexity index is 2710. The van der Waals surface area contributed by atoms with Gasteiger partial charge in [-0.15, -0.1) is 0 Å². The molecule has 0 spiro atoms. The second-order valence-corrected chi connectivity index (χ2v) is 11.1. The van der Waals surface area contributed by atoms with Crippen LogP contribution in [0.4, 0.5) is 0 Å². The van der Waals surface area contributed by atoms with E-state index in [1.807, 2.05) is 66.7 Å². The number of imidazole rings is 1. The van der Waals surface area contributed by atoms with E-state index in [9.17, 15) is 14.4 Å². The van der Waals surface area contributed by atoms with Crippen molar-refractivity contribution in [1.82, 2.24) is 14.3 Å². The fourth-order valence-corrected chi connectivity index (χ4v) is 7.33. The summed E-state index contributed by atoms with van der Waals surface area (Å²) in [5, 5.41) is 11.1. The minimum absolute atomic E-state index is 0.0933. The number of carbonyl (C=O) groups is 2. The van der Waals surface area contributed by atoms with Crippen LogP contribution in [0.15, 0.2) is 89.7 Å². The lowest BCUT2D eigenvalue weighted by atomic mass is 9.84. The summed E-state index contributed by atoms with van der Waals surface area (Å²) in [5.41, 5.74) is 3.21. The average Bonchev–Trinajstić information content (AvgIpc) is 3.38. The molecule has 0 unspecified atom stereocenters. The first-order chi connectivity index (χ1) is 20.0. The van der Waals surface area contributed by atoms with E-state index in [2.05, 4.69) is 18.2 Å². The zero-order valence-corrected chi connectivity index (χ0v) is 21.6. The molecule has 0 aliphatic carbocycles. The summed E-state index contributed by atoms with van der Waals surface area (Å²) in [6.07, 6.45) is 0. The van der Waals surface area contributed by atoms with Gasteiger partial charge in [0.2, 0.25) is 0 Å². The van der Waals surface area contributed by atoms with Gasteiger partial charge in [-0.2, -0.15) is 0 Å². The minimum Gasteiger partial charge on any atom is -0.277 e. The number of carbonyl (C=O) groups excluding carboxylic acids is 2. The maximum Gasteiger partial charge on any atom is 0.264 e. The van der Waals surface area contributed by atoms with Crippen LogP contribution in [0.25, 0.3) is 81.3 Å². The molecule has 2 amide bonds. The molecule has 9 aromatic rings. The van der Waals surface area contributed by atoms with Crippen LogP contribution >= 0.6 is 0 Å². The minimum atomic E-state index is -0.292. The van der Waals surface area contributed by atoms with Gasteiger partial charge >= 0.3 is 0 Å². The molecule has 0 radical (unpaired) electrons. The third-order valence-corrected chi connectivity index (χ3v) is 9.17. The highest BCUT2D eigenvalue weighted by Gasteiger charge is 2.32. The predicted molar refractivity (Wildman–Crippen MR) is 163 cm³/mol. The van der Waals surface area contributed by atoms with Crippen molar-refractivity contribution >= 4 is 93.1 Å². The van der Waals surface area contributed by atoms with Crippen molar-refractivity contribution in [2.24, 2.45) is 0 Å². The lowest BCUT2D eigenvalue weighted by molar-refractivity contribution is 0.0651. The van der Waals surface area contributed by atoms with Gasteiger partial charge in [0.05, 0.1) is 11.0 Å². The summed E-state index contributed by atoms with van der Waals surface area (Å²) in [4.78, 5) is 46.5. The van der Waals surface area contributed by atoms with Gasteiger partial charge in [0.1, 0.15) is 5.65 Å². The van der Waals surface area contributed by atoms with E-state index in [-0.39, 0.29) is 17.4 Å². The molecule has 3 heterocycles. The molecule has 10 rings (SSSR count). The maximum absolute atomic E-state index is 14.2. The van der Waals surface area contributed by atoms with Crippen LogP contribution in [0.2, 0.25) is 0 Å². The Kier molecular flexibility index (Phi) is 3.49. The normalized spacial score (nSPS) is 14.1. The van der Waals surface area contributed by atoms with Gasteiger partial charge in [-0.3, -0.25) is 23.7 Å². The van der Waals surface area contributed by atoms with Gasteiger partial charge in [-0.05, 0) is 79.5 Å². The molecule has 0 atom stereocenters. The molecule has 1 aliphatic rings. The third kappa shape index (κ3) is 2.29. The van der Waals surface area contributed by atoms with E-state index in [1.54, 1.807) is 4.40 Å². The molecule has 6 nitrogen and oxygen atoms in total. The van der Waals surface area contributed by atoms with E-state index in [0.717, 1.165) is 64.9 Å². The zero-order valence-electron chi connectivity index (χ0n) is 21.6. The van der Waals surface area contributed by atoms with Crippen molar-refractivity contribution < 1.29 is 9.59 Å². The number of fused-ring (bicyclic) bond motifs is 7. The van der Waals surface area contributed by atoms with E-state index < -0.39 is 0 Å². The molecule has 2 aromatic heterocycles. The van der Waals surface area contributed by atoms with Gasteiger partial charge in [0.25, 0.3) is 17.4 Å². The van der Waals surface area contributed by atoms with Crippen LogP contribution in [0.3, 0.4) is 0 Å². The summed E-state index contributed by atoms with van der Waals surface area (Å²) in [6.45, 7) is 0. The fraction of sp³-hybridized carbons (Fsp3) is 0.0286. The van der Waals surface area contributed by atoms with Crippen LogP contribution in [0.1, 0.15) is 20.7 Å². The van der Waals surface area contributed by atoms with Crippen molar-refractivity contribution in [3.8, 4) is 0 Å². The Morgan fingerprint density at radius 3 is 1.73 bits per heavy atom. The monoisotopic (exact) mass is 527 g/mol. The second-order valence-electron chi connectivity index (χ2n) is 11.1. The van der Waals surface area contributed by atoms with Gasteiger partial charge in [-0.25, -0.2) is 4.98 Å². The number of imide groups is 1. The van der Waals surface area contributed by atoms with Crippen molar-refractivity contribution in [3.05, 3.63) is 106 Å². The number of pyridine rings is 1. The topological polar surface area (TPSA) is 71.8 Å². The molecule has 41 heavy (non-hydrogen) atoms. The maximum atomic E-state index is 14.2. The van der Waals surface area contributed by atoms with Crippen molar-refractivity contribution in [2.45, 2.75) is 0 Å². The van der Waals surface area contributed by atoms with Crippen LogP contribution in [-0.2, 0) is 0 Å². The molecule has 6 heteroatoms. The van der Waals surface area contributed by atoms with Crippen molar-refractivity contribution in [1.29, 1.82) is 0 Å². The molecular weight excluding hydrogens is 510 g/mol. The Morgan fingerprint density at radius 2 is 1.07 bits per heavy atom. The number of amides is 2. The lowest BCUT2D eigenvalue weighted by Gasteiger charge is -2.26. The van der Waals surface area contributed by atoms with Crippen molar-refractivity contribution in [3.63, 3.8) is 0 Å². The summed E-state index contributed by atoms with van der Waals surface area (Å²) >= 11 is 0. The first kappa shape index (κ1) is 21.2. The summed E-state index contributed by atoms with van der Waals surface area (Å²) in [5.74, 6) is -0.584. The van der Waals surface area contributed by atoms with Crippen LogP contribution in [-0.4, -0.2) is 33.1 Å². The molecule has 0 saturated heterocycles. The lowest BCUT2D eigenvalue weighted by Crippen LogP contribution is -2.36.